The number of para-hydroxylation sites is 2. The number of carbonyl (C=O) groups excluding carboxylic acids is 3. The number of ether oxygens (including phenoxy) is 1. The highest BCUT2D eigenvalue weighted by Crippen LogP contribution is 2.31. The molecule has 2 aromatic rings. The van der Waals surface area contributed by atoms with E-state index in [-0.39, 0.29) is 35.9 Å². The Morgan fingerprint density at radius 1 is 1.17 bits per heavy atom. The maximum atomic E-state index is 12.5. The van der Waals surface area contributed by atoms with E-state index in [2.05, 4.69) is 5.32 Å². The molecule has 0 atom stereocenters. The molecule has 0 unspecified atom stereocenters. The first kappa shape index (κ1) is 20.7. The molecule has 1 N–H and O–H groups in total. The highest BCUT2D eigenvalue weighted by Gasteiger charge is 2.27. The summed E-state index contributed by atoms with van der Waals surface area (Å²) in [5, 5.41) is 2.98. The second kappa shape index (κ2) is 8.96. The lowest BCUT2D eigenvalue weighted by molar-refractivity contribution is -0.123. The van der Waals surface area contributed by atoms with E-state index in [0.717, 1.165) is 0 Å². The van der Waals surface area contributed by atoms with Crippen LogP contribution in [0.1, 0.15) is 24.2 Å². The smallest absolute Gasteiger partial charge is 0.265 e. The number of hydrogen-bond donors (Lipinski definition) is 1. The third kappa shape index (κ3) is 4.51. The summed E-state index contributed by atoms with van der Waals surface area (Å²) in [6.07, 6.45) is 0. The molecule has 0 bridgehead atoms. The number of halogens is 1. The number of amides is 3. The van der Waals surface area contributed by atoms with E-state index in [9.17, 15) is 14.4 Å². The predicted octanol–water partition coefficient (Wildman–Crippen LogP) is 3.19. The standard InChI is InChI=1S/C21H22ClN3O4/c1-3-24(4-2)21(28)15-10-9-14(11-16(15)22)23-19(26)12-25-17-7-5-6-8-18(17)29-13-20(25)27/h5-11H,3-4,12-13H2,1-2H3,(H,23,26). The van der Waals surface area contributed by atoms with Crippen molar-refractivity contribution in [2.75, 3.05) is 36.5 Å². The Morgan fingerprint density at radius 2 is 1.90 bits per heavy atom. The fraction of sp³-hybridized carbons (Fsp3) is 0.286. The number of hydrogen-bond acceptors (Lipinski definition) is 4. The summed E-state index contributed by atoms with van der Waals surface area (Å²) in [7, 11) is 0. The van der Waals surface area contributed by atoms with Gasteiger partial charge in [-0.25, -0.2) is 0 Å². The number of anilines is 2. The molecule has 0 saturated carbocycles. The molecule has 7 nitrogen and oxygen atoms in total. The van der Waals surface area contributed by atoms with Crippen LogP contribution in [-0.4, -0.2) is 48.9 Å². The van der Waals surface area contributed by atoms with Crippen LogP contribution in [0.5, 0.6) is 5.75 Å². The molecular weight excluding hydrogens is 394 g/mol. The quantitative estimate of drug-likeness (QED) is 0.785. The topological polar surface area (TPSA) is 79.0 Å². The minimum absolute atomic E-state index is 0.113. The summed E-state index contributed by atoms with van der Waals surface area (Å²) in [5.74, 6) is -0.276. The molecule has 3 amide bonds. The van der Waals surface area contributed by atoms with E-state index >= 15 is 0 Å². The first-order valence-electron chi connectivity index (χ1n) is 9.35. The fourth-order valence-electron chi connectivity index (χ4n) is 3.12. The van der Waals surface area contributed by atoms with Crippen molar-refractivity contribution in [3.63, 3.8) is 0 Å². The van der Waals surface area contributed by atoms with Gasteiger partial charge in [0.05, 0.1) is 16.3 Å². The summed E-state index contributed by atoms with van der Waals surface area (Å²) in [5.41, 5.74) is 1.38. The van der Waals surface area contributed by atoms with Gasteiger partial charge in [-0.15, -0.1) is 0 Å². The van der Waals surface area contributed by atoms with Crippen molar-refractivity contribution >= 4 is 40.7 Å². The number of benzene rings is 2. The zero-order chi connectivity index (χ0) is 21.0. The minimum Gasteiger partial charge on any atom is -0.482 e. The van der Waals surface area contributed by atoms with Crippen LogP contribution < -0.4 is 15.0 Å². The van der Waals surface area contributed by atoms with Crippen molar-refractivity contribution in [2.45, 2.75) is 13.8 Å². The van der Waals surface area contributed by atoms with E-state index in [0.29, 0.717) is 35.8 Å². The summed E-state index contributed by atoms with van der Waals surface area (Å²) < 4.78 is 5.38. The average molecular weight is 416 g/mol. The van der Waals surface area contributed by atoms with Crippen LogP contribution in [0, 0.1) is 0 Å². The lowest BCUT2D eigenvalue weighted by Gasteiger charge is -2.28. The van der Waals surface area contributed by atoms with Gasteiger partial charge in [-0.1, -0.05) is 23.7 Å². The van der Waals surface area contributed by atoms with E-state index in [1.54, 1.807) is 41.3 Å². The Hall–Kier alpha value is -3.06. The zero-order valence-electron chi connectivity index (χ0n) is 16.3. The normalized spacial score (nSPS) is 12.8. The number of fused-ring (bicyclic) bond motifs is 1. The van der Waals surface area contributed by atoms with Crippen LogP contribution in [0.2, 0.25) is 5.02 Å². The lowest BCUT2D eigenvalue weighted by Crippen LogP contribution is -2.43. The average Bonchev–Trinajstić information content (AvgIpc) is 2.71. The molecule has 1 heterocycles. The van der Waals surface area contributed by atoms with E-state index in [4.69, 9.17) is 16.3 Å². The van der Waals surface area contributed by atoms with Gasteiger partial charge in [-0.3, -0.25) is 19.3 Å². The molecule has 0 radical (unpaired) electrons. The summed E-state index contributed by atoms with van der Waals surface area (Å²) in [4.78, 5) is 40.2. The van der Waals surface area contributed by atoms with Crippen molar-refractivity contribution in [2.24, 2.45) is 0 Å². The molecule has 0 aromatic heterocycles. The molecule has 0 spiro atoms. The second-order valence-corrected chi connectivity index (χ2v) is 6.86. The third-order valence-electron chi connectivity index (χ3n) is 4.64. The van der Waals surface area contributed by atoms with Crippen LogP contribution in [0.4, 0.5) is 11.4 Å². The molecule has 1 aliphatic rings. The highest BCUT2D eigenvalue weighted by molar-refractivity contribution is 6.34. The molecule has 29 heavy (non-hydrogen) atoms. The Kier molecular flexibility index (Phi) is 6.39. The van der Waals surface area contributed by atoms with Gasteiger partial charge in [0.15, 0.2) is 6.61 Å². The van der Waals surface area contributed by atoms with Crippen molar-refractivity contribution < 1.29 is 19.1 Å². The molecule has 152 valence electrons. The Labute approximate surface area is 174 Å². The molecule has 0 fully saturated rings. The highest BCUT2D eigenvalue weighted by atomic mass is 35.5. The largest absolute Gasteiger partial charge is 0.482 e. The summed E-state index contributed by atoms with van der Waals surface area (Å²) in [6.45, 7) is 4.69. The second-order valence-electron chi connectivity index (χ2n) is 6.46. The van der Waals surface area contributed by atoms with E-state index in [1.165, 1.54) is 11.0 Å². The van der Waals surface area contributed by atoms with Crippen LogP contribution in [0.3, 0.4) is 0 Å². The first-order valence-corrected chi connectivity index (χ1v) is 9.73. The molecule has 2 aromatic carbocycles. The maximum Gasteiger partial charge on any atom is 0.265 e. The Balaban J connectivity index is 1.71. The zero-order valence-corrected chi connectivity index (χ0v) is 17.0. The van der Waals surface area contributed by atoms with Crippen LogP contribution >= 0.6 is 11.6 Å². The molecule has 0 saturated heterocycles. The number of nitrogens with zero attached hydrogens (tertiary/aromatic N) is 2. The van der Waals surface area contributed by atoms with Crippen molar-refractivity contribution in [3.8, 4) is 5.75 Å². The number of rotatable bonds is 6. The van der Waals surface area contributed by atoms with Gasteiger partial charge in [-0.2, -0.15) is 0 Å². The molecule has 1 aliphatic heterocycles. The van der Waals surface area contributed by atoms with Crippen LogP contribution in [-0.2, 0) is 9.59 Å². The third-order valence-corrected chi connectivity index (χ3v) is 4.96. The van der Waals surface area contributed by atoms with Gasteiger partial charge >= 0.3 is 0 Å². The summed E-state index contributed by atoms with van der Waals surface area (Å²) in [6, 6.07) is 11.8. The van der Waals surface area contributed by atoms with E-state index < -0.39 is 0 Å². The Morgan fingerprint density at radius 3 is 2.59 bits per heavy atom. The molecule has 0 aliphatic carbocycles. The Bertz CT molecular complexity index is 943. The van der Waals surface area contributed by atoms with Gasteiger partial charge in [0.2, 0.25) is 5.91 Å². The summed E-state index contributed by atoms with van der Waals surface area (Å²) >= 11 is 6.27. The number of nitrogens with one attached hydrogen (secondary N) is 1. The lowest BCUT2D eigenvalue weighted by atomic mass is 10.1. The first-order chi connectivity index (χ1) is 13.9. The monoisotopic (exact) mass is 415 g/mol. The fourth-order valence-corrected chi connectivity index (χ4v) is 3.38. The van der Waals surface area contributed by atoms with Crippen LogP contribution in [0.15, 0.2) is 42.5 Å². The van der Waals surface area contributed by atoms with Crippen molar-refractivity contribution in [1.82, 2.24) is 4.90 Å². The van der Waals surface area contributed by atoms with Gasteiger partial charge in [0, 0.05) is 18.8 Å². The van der Waals surface area contributed by atoms with Crippen molar-refractivity contribution in [3.05, 3.63) is 53.1 Å². The van der Waals surface area contributed by atoms with Gasteiger partial charge in [-0.05, 0) is 44.2 Å². The predicted molar refractivity (Wildman–Crippen MR) is 112 cm³/mol. The molecule has 8 heteroatoms. The molecular formula is C21H22ClN3O4. The van der Waals surface area contributed by atoms with E-state index in [1.807, 2.05) is 13.8 Å². The maximum absolute atomic E-state index is 12.5. The number of carbonyl (C=O) groups is 3. The SMILES string of the molecule is CCN(CC)C(=O)c1ccc(NC(=O)CN2C(=O)COc3ccccc32)cc1Cl. The van der Waals surface area contributed by atoms with Crippen LogP contribution in [0.25, 0.3) is 0 Å². The van der Waals surface area contributed by atoms with Gasteiger partial charge in [0.25, 0.3) is 11.8 Å². The molecule has 3 rings (SSSR count). The minimum atomic E-state index is -0.381. The van der Waals surface area contributed by atoms with Gasteiger partial charge in [0.1, 0.15) is 12.3 Å². The van der Waals surface area contributed by atoms with Gasteiger partial charge < -0.3 is 15.0 Å². The van der Waals surface area contributed by atoms with Crippen molar-refractivity contribution in [1.29, 1.82) is 0 Å².